The number of hydrogen-bond acceptors (Lipinski definition) is 3. The highest BCUT2D eigenvalue weighted by Gasteiger charge is 2.12. The van der Waals surface area contributed by atoms with E-state index in [-0.39, 0.29) is 5.54 Å². The first-order valence-electron chi connectivity index (χ1n) is 4.80. The van der Waals surface area contributed by atoms with Crippen LogP contribution in [0.3, 0.4) is 0 Å². The van der Waals surface area contributed by atoms with Crippen molar-refractivity contribution in [3.63, 3.8) is 0 Å². The van der Waals surface area contributed by atoms with Gasteiger partial charge in [0.2, 0.25) is 5.88 Å². The summed E-state index contributed by atoms with van der Waals surface area (Å²) in [6, 6.07) is 3.94. The van der Waals surface area contributed by atoms with Gasteiger partial charge >= 0.3 is 0 Å². The van der Waals surface area contributed by atoms with Gasteiger partial charge in [-0.05, 0) is 32.8 Å². The Kier molecular flexibility index (Phi) is 3.47. The Morgan fingerprint density at radius 2 is 2.21 bits per heavy atom. The van der Waals surface area contributed by atoms with Crippen molar-refractivity contribution in [3.05, 3.63) is 23.9 Å². The smallest absolute Gasteiger partial charge is 0.216 e. The molecule has 0 bridgehead atoms. The van der Waals surface area contributed by atoms with Gasteiger partial charge in [-0.3, -0.25) is 0 Å². The number of pyridine rings is 1. The molecule has 1 aromatic rings. The summed E-state index contributed by atoms with van der Waals surface area (Å²) in [5.74, 6) is 0.705. The van der Waals surface area contributed by atoms with Crippen LogP contribution in [0.4, 0.5) is 0 Å². The summed E-state index contributed by atoms with van der Waals surface area (Å²) in [6.07, 6.45) is 3.56. The lowest BCUT2D eigenvalue weighted by Gasteiger charge is -2.18. The monoisotopic (exact) mass is 194 g/mol. The molecule has 0 aromatic carbocycles. The van der Waals surface area contributed by atoms with E-state index in [9.17, 15) is 0 Å². The van der Waals surface area contributed by atoms with E-state index in [0.29, 0.717) is 5.88 Å². The molecule has 3 heteroatoms. The third-order valence-corrected chi connectivity index (χ3v) is 2.08. The average Bonchev–Trinajstić information content (AvgIpc) is 2.14. The van der Waals surface area contributed by atoms with Crippen molar-refractivity contribution < 1.29 is 4.74 Å². The Bertz CT molecular complexity index is 292. The number of aromatic nitrogens is 1. The van der Waals surface area contributed by atoms with Crippen LogP contribution in [0, 0.1) is 0 Å². The molecule has 1 rings (SSSR count). The van der Waals surface area contributed by atoms with Crippen molar-refractivity contribution in [2.45, 2.75) is 32.2 Å². The maximum Gasteiger partial charge on any atom is 0.216 e. The van der Waals surface area contributed by atoms with E-state index < -0.39 is 0 Å². The molecule has 1 heterocycles. The van der Waals surface area contributed by atoms with Gasteiger partial charge in [0, 0.05) is 17.3 Å². The molecule has 14 heavy (non-hydrogen) atoms. The van der Waals surface area contributed by atoms with Crippen LogP contribution in [0.5, 0.6) is 5.88 Å². The summed E-state index contributed by atoms with van der Waals surface area (Å²) in [7, 11) is 1.64. The number of aryl methyl sites for hydroxylation is 1. The molecule has 3 nitrogen and oxygen atoms in total. The highest BCUT2D eigenvalue weighted by atomic mass is 16.5. The van der Waals surface area contributed by atoms with Crippen molar-refractivity contribution in [1.29, 1.82) is 0 Å². The van der Waals surface area contributed by atoms with E-state index >= 15 is 0 Å². The van der Waals surface area contributed by atoms with E-state index in [2.05, 4.69) is 4.98 Å². The second kappa shape index (κ2) is 4.42. The maximum absolute atomic E-state index is 5.91. The predicted octanol–water partition coefficient (Wildman–Crippen LogP) is 1.76. The molecular formula is C11H18N2O. The van der Waals surface area contributed by atoms with Gasteiger partial charge in [0.15, 0.2) is 0 Å². The molecule has 0 aliphatic rings. The quantitative estimate of drug-likeness (QED) is 0.794. The van der Waals surface area contributed by atoms with Gasteiger partial charge in [-0.2, -0.15) is 0 Å². The van der Waals surface area contributed by atoms with Crippen LogP contribution in [0.1, 0.15) is 25.8 Å². The van der Waals surface area contributed by atoms with E-state index in [1.807, 2.05) is 26.0 Å². The second-order valence-corrected chi connectivity index (χ2v) is 4.16. The topological polar surface area (TPSA) is 48.1 Å². The number of nitrogens with zero attached hydrogens (tertiary/aromatic N) is 1. The largest absolute Gasteiger partial charge is 0.481 e. The highest BCUT2D eigenvalue weighted by molar-refractivity contribution is 5.25. The first-order valence-corrected chi connectivity index (χ1v) is 4.80. The molecule has 2 N–H and O–H groups in total. The lowest BCUT2D eigenvalue weighted by Crippen LogP contribution is -2.32. The Morgan fingerprint density at radius 1 is 1.50 bits per heavy atom. The second-order valence-electron chi connectivity index (χ2n) is 4.16. The minimum Gasteiger partial charge on any atom is -0.481 e. The van der Waals surface area contributed by atoms with E-state index in [1.54, 1.807) is 13.3 Å². The molecule has 0 amide bonds. The van der Waals surface area contributed by atoms with Crippen LogP contribution in [0.15, 0.2) is 18.3 Å². The molecule has 78 valence electrons. The standard InChI is InChI=1S/C11H18N2O/c1-11(2,12)7-6-9-5-4-8-13-10(9)14-3/h4-5,8H,6-7,12H2,1-3H3. The SMILES string of the molecule is COc1ncccc1CCC(C)(C)N. The normalized spacial score (nSPS) is 11.4. The summed E-state index contributed by atoms with van der Waals surface area (Å²) >= 11 is 0. The zero-order valence-corrected chi connectivity index (χ0v) is 9.08. The van der Waals surface area contributed by atoms with Gasteiger partial charge in [0.05, 0.1) is 7.11 Å². The third-order valence-electron chi connectivity index (χ3n) is 2.08. The first kappa shape index (κ1) is 11.0. The summed E-state index contributed by atoms with van der Waals surface area (Å²) in [6.45, 7) is 4.05. The van der Waals surface area contributed by atoms with Crippen LogP contribution in [-0.2, 0) is 6.42 Å². The zero-order chi connectivity index (χ0) is 10.6. The maximum atomic E-state index is 5.91. The minimum absolute atomic E-state index is 0.138. The summed E-state index contributed by atoms with van der Waals surface area (Å²) in [5, 5.41) is 0. The van der Waals surface area contributed by atoms with Crippen molar-refractivity contribution in [2.24, 2.45) is 5.73 Å². The van der Waals surface area contributed by atoms with Crippen LogP contribution in [0.25, 0.3) is 0 Å². The van der Waals surface area contributed by atoms with Gasteiger partial charge in [-0.1, -0.05) is 6.07 Å². The van der Waals surface area contributed by atoms with Crippen LogP contribution < -0.4 is 10.5 Å². The van der Waals surface area contributed by atoms with Crippen LogP contribution in [-0.4, -0.2) is 17.6 Å². The highest BCUT2D eigenvalue weighted by Crippen LogP contribution is 2.18. The van der Waals surface area contributed by atoms with Crippen LogP contribution >= 0.6 is 0 Å². The fourth-order valence-corrected chi connectivity index (χ4v) is 1.26. The Hall–Kier alpha value is -1.09. The van der Waals surface area contributed by atoms with Gasteiger partial charge in [-0.15, -0.1) is 0 Å². The minimum atomic E-state index is -0.138. The van der Waals surface area contributed by atoms with Crippen LogP contribution in [0.2, 0.25) is 0 Å². The van der Waals surface area contributed by atoms with Gasteiger partial charge in [-0.25, -0.2) is 4.98 Å². The number of nitrogens with two attached hydrogens (primary N) is 1. The molecule has 0 saturated carbocycles. The summed E-state index contributed by atoms with van der Waals surface area (Å²) < 4.78 is 5.16. The fraction of sp³-hybridized carbons (Fsp3) is 0.545. The first-order chi connectivity index (χ1) is 6.53. The lowest BCUT2D eigenvalue weighted by atomic mass is 9.97. The van der Waals surface area contributed by atoms with Crippen molar-refractivity contribution in [1.82, 2.24) is 4.98 Å². The molecule has 0 aliphatic heterocycles. The molecule has 0 fully saturated rings. The molecular weight excluding hydrogens is 176 g/mol. The lowest BCUT2D eigenvalue weighted by molar-refractivity contribution is 0.388. The van der Waals surface area contributed by atoms with E-state index in [1.165, 1.54) is 0 Å². The molecule has 0 radical (unpaired) electrons. The molecule has 1 aromatic heterocycles. The van der Waals surface area contributed by atoms with Gasteiger partial charge in [0.25, 0.3) is 0 Å². The Morgan fingerprint density at radius 3 is 2.79 bits per heavy atom. The fourth-order valence-electron chi connectivity index (χ4n) is 1.26. The number of methoxy groups -OCH3 is 1. The zero-order valence-electron chi connectivity index (χ0n) is 9.08. The predicted molar refractivity (Wildman–Crippen MR) is 57.4 cm³/mol. The number of hydrogen-bond donors (Lipinski definition) is 1. The molecule has 0 unspecified atom stereocenters. The average molecular weight is 194 g/mol. The van der Waals surface area contributed by atoms with Gasteiger partial charge in [0.1, 0.15) is 0 Å². The number of rotatable bonds is 4. The van der Waals surface area contributed by atoms with Gasteiger partial charge < -0.3 is 10.5 Å². The summed E-state index contributed by atoms with van der Waals surface area (Å²) in [5.41, 5.74) is 6.89. The molecule has 0 atom stereocenters. The van der Waals surface area contributed by atoms with Crippen molar-refractivity contribution in [3.8, 4) is 5.88 Å². The summed E-state index contributed by atoms with van der Waals surface area (Å²) in [4.78, 5) is 4.13. The van der Waals surface area contributed by atoms with E-state index in [0.717, 1.165) is 18.4 Å². The third kappa shape index (κ3) is 3.34. The van der Waals surface area contributed by atoms with Crippen molar-refractivity contribution in [2.75, 3.05) is 7.11 Å². The molecule has 0 aliphatic carbocycles. The van der Waals surface area contributed by atoms with E-state index in [4.69, 9.17) is 10.5 Å². The molecule has 0 spiro atoms. The number of ether oxygens (including phenoxy) is 1. The Balaban J connectivity index is 2.67. The molecule has 0 saturated heterocycles. The Labute approximate surface area is 85.3 Å². The van der Waals surface area contributed by atoms with Crippen molar-refractivity contribution >= 4 is 0 Å².